The van der Waals surface area contributed by atoms with Crippen LogP contribution in [0.4, 0.5) is 5.69 Å². The van der Waals surface area contributed by atoms with Gasteiger partial charge in [-0.2, -0.15) is 0 Å². The van der Waals surface area contributed by atoms with Gasteiger partial charge in [-0.15, -0.1) is 0 Å². The van der Waals surface area contributed by atoms with E-state index in [1.165, 1.54) is 0 Å². The maximum absolute atomic E-state index is 12.9. The van der Waals surface area contributed by atoms with Crippen molar-refractivity contribution < 1.29 is 4.79 Å². The van der Waals surface area contributed by atoms with Crippen molar-refractivity contribution in [1.82, 2.24) is 9.47 Å². The topological polar surface area (TPSA) is 28.5 Å². The average molecular weight is 368 g/mol. The monoisotopic (exact) mass is 367 g/mol. The molecule has 1 aliphatic rings. The summed E-state index contributed by atoms with van der Waals surface area (Å²) in [6, 6.07) is 16.0. The molecule has 2 heterocycles. The van der Waals surface area contributed by atoms with Crippen molar-refractivity contribution in [3.05, 3.63) is 65.3 Å². The second-order valence-corrected chi connectivity index (χ2v) is 7.27. The summed E-state index contributed by atoms with van der Waals surface area (Å²) in [6.07, 6.45) is 1.95. The predicted molar refractivity (Wildman–Crippen MR) is 107 cm³/mol. The maximum Gasteiger partial charge on any atom is 0.178 e. The van der Waals surface area contributed by atoms with Crippen LogP contribution >= 0.6 is 11.6 Å². The summed E-state index contributed by atoms with van der Waals surface area (Å²) in [5.74, 6) is 0.193. The summed E-state index contributed by atoms with van der Waals surface area (Å²) in [5.41, 5.74) is 3.07. The lowest BCUT2D eigenvalue weighted by molar-refractivity contribution is 0.0928. The summed E-state index contributed by atoms with van der Waals surface area (Å²) in [6.45, 7) is 4.04. The van der Waals surface area contributed by atoms with Crippen LogP contribution in [0.1, 0.15) is 10.4 Å². The number of para-hydroxylation sites is 1. The van der Waals surface area contributed by atoms with E-state index < -0.39 is 0 Å². The van der Waals surface area contributed by atoms with Crippen LogP contribution in [-0.4, -0.2) is 48.0 Å². The average Bonchev–Trinajstić information content (AvgIpc) is 3.00. The molecule has 134 valence electrons. The lowest BCUT2D eigenvalue weighted by atomic mass is 10.1. The lowest BCUT2D eigenvalue weighted by Crippen LogP contribution is -2.48. The van der Waals surface area contributed by atoms with E-state index in [9.17, 15) is 4.79 Å². The van der Waals surface area contributed by atoms with Crippen LogP contribution in [-0.2, 0) is 7.05 Å². The third-order valence-electron chi connectivity index (χ3n) is 5.11. The number of Topliss-reactive ketones (excluding diaryl/α,β-unsaturated/α-hetero) is 1. The molecule has 1 aliphatic heterocycles. The smallest absolute Gasteiger partial charge is 0.178 e. The van der Waals surface area contributed by atoms with Gasteiger partial charge in [0.1, 0.15) is 0 Å². The van der Waals surface area contributed by atoms with Gasteiger partial charge in [-0.3, -0.25) is 9.69 Å². The number of ketones is 1. The normalized spacial score (nSPS) is 15.5. The highest BCUT2D eigenvalue weighted by Crippen LogP contribution is 2.23. The summed E-state index contributed by atoms with van der Waals surface area (Å²) < 4.78 is 2.03. The minimum Gasteiger partial charge on any atom is -0.369 e. The third kappa shape index (κ3) is 3.35. The van der Waals surface area contributed by atoms with Gasteiger partial charge < -0.3 is 9.47 Å². The van der Waals surface area contributed by atoms with E-state index in [0.717, 1.165) is 53.4 Å². The van der Waals surface area contributed by atoms with Gasteiger partial charge in [0, 0.05) is 66.6 Å². The van der Waals surface area contributed by atoms with Gasteiger partial charge >= 0.3 is 0 Å². The zero-order valence-corrected chi connectivity index (χ0v) is 15.6. The van der Waals surface area contributed by atoms with Crippen LogP contribution < -0.4 is 4.90 Å². The second-order valence-electron chi connectivity index (χ2n) is 6.84. The summed E-state index contributed by atoms with van der Waals surface area (Å²) in [7, 11) is 1.99. The van der Waals surface area contributed by atoms with Crippen molar-refractivity contribution >= 4 is 34.0 Å². The molecule has 3 aromatic rings. The quantitative estimate of drug-likeness (QED) is 0.656. The minimum absolute atomic E-state index is 0.193. The fourth-order valence-electron chi connectivity index (χ4n) is 3.69. The van der Waals surface area contributed by atoms with Crippen LogP contribution in [0.3, 0.4) is 0 Å². The van der Waals surface area contributed by atoms with E-state index in [-0.39, 0.29) is 5.78 Å². The Kier molecular flexibility index (Phi) is 4.70. The number of piperazine rings is 1. The Morgan fingerprint density at radius 3 is 2.58 bits per heavy atom. The van der Waals surface area contributed by atoms with E-state index in [0.29, 0.717) is 6.54 Å². The first kappa shape index (κ1) is 17.1. The Bertz CT molecular complexity index is 941. The lowest BCUT2D eigenvalue weighted by Gasteiger charge is -2.35. The summed E-state index contributed by atoms with van der Waals surface area (Å²) in [4.78, 5) is 17.4. The molecular weight excluding hydrogens is 346 g/mol. The molecule has 0 saturated carbocycles. The van der Waals surface area contributed by atoms with Crippen molar-refractivity contribution in [3.8, 4) is 0 Å². The molecule has 4 rings (SSSR count). The molecule has 2 aromatic carbocycles. The molecule has 1 saturated heterocycles. The van der Waals surface area contributed by atoms with Crippen LogP contribution in [0.2, 0.25) is 5.02 Å². The number of carbonyl (C=O) groups excluding carboxylic acids is 1. The molecule has 1 aromatic heterocycles. The Balaban J connectivity index is 1.42. The largest absolute Gasteiger partial charge is 0.369 e. The molecule has 0 amide bonds. The van der Waals surface area contributed by atoms with Crippen molar-refractivity contribution in [3.63, 3.8) is 0 Å². The molecule has 0 unspecified atom stereocenters. The highest BCUT2D eigenvalue weighted by atomic mass is 35.5. The van der Waals surface area contributed by atoms with E-state index in [1.54, 1.807) is 0 Å². The molecule has 0 radical (unpaired) electrons. The van der Waals surface area contributed by atoms with Gasteiger partial charge in [-0.05, 0) is 24.3 Å². The van der Waals surface area contributed by atoms with Crippen molar-refractivity contribution in [2.24, 2.45) is 7.05 Å². The van der Waals surface area contributed by atoms with Crippen molar-refractivity contribution in [2.45, 2.75) is 0 Å². The molecule has 5 heteroatoms. The number of anilines is 1. The van der Waals surface area contributed by atoms with Crippen LogP contribution in [0.25, 0.3) is 10.9 Å². The van der Waals surface area contributed by atoms with Gasteiger partial charge in [0.25, 0.3) is 0 Å². The first-order valence-electron chi connectivity index (χ1n) is 8.92. The SMILES string of the molecule is Cn1cc(C(=O)CN2CCN(c3cccc(Cl)c3)CC2)c2ccccc21. The number of fused-ring (bicyclic) bond motifs is 1. The number of halogens is 1. The highest BCUT2D eigenvalue weighted by Gasteiger charge is 2.21. The maximum atomic E-state index is 12.9. The Morgan fingerprint density at radius 2 is 1.81 bits per heavy atom. The number of carbonyl (C=O) groups is 1. The second kappa shape index (κ2) is 7.14. The van der Waals surface area contributed by atoms with Crippen LogP contribution in [0.15, 0.2) is 54.7 Å². The number of hydrogen-bond acceptors (Lipinski definition) is 3. The van der Waals surface area contributed by atoms with E-state index >= 15 is 0 Å². The van der Waals surface area contributed by atoms with Gasteiger partial charge in [-0.25, -0.2) is 0 Å². The first-order chi connectivity index (χ1) is 12.6. The van der Waals surface area contributed by atoms with Gasteiger partial charge in [0.15, 0.2) is 5.78 Å². The summed E-state index contributed by atoms with van der Waals surface area (Å²) >= 11 is 6.10. The molecular formula is C21H22ClN3O. The van der Waals surface area contributed by atoms with Gasteiger partial charge in [0.2, 0.25) is 0 Å². The molecule has 0 aliphatic carbocycles. The molecule has 0 N–H and O–H groups in total. The third-order valence-corrected chi connectivity index (χ3v) is 5.35. The number of rotatable bonds is 4. The van der Waals surface area contributed by atoms with Crippen molar-refractivity contribution in [2.75, 3.05) is 37.6 Å². The fraction of sp³-hybridized carbons (Fsp3) is 0.286. The summed E-state index contributed by atoms with van der Waals surface area (Å²) in [5, 5.41) is 1.80. The highest BCUT2D eigenvalue weighted by molar-refractivity contribution is 6.30. The standard InChI is InChI=1S/C21H22ClN3O/c1-23-14-19(18-7-2-3-8-20(18)23)21(26)15-24-9-11-25(12-10-24)17-6-4-5-16(22)13-17/h2-8,13-14H,9-12,15H2,1H3. The van der Waals surface area contributed by atoms with Crippen LogP contribution in [0, 0.1) is 0 Å². The Morgan fingerprint density at radius 1 is 1.04 bits per heavy atom. The zero-order chi connectivity index (χ0) is 18.1. The van der Waals surface area contributed by atoms with E-state index in [1.807, 2.05) is 54.2 Å². The minimum atomic E-state index is 0.193. The Labute approximate surface area is 158 Å². The number of nitrogens with zero attached hydrogens (tertiary/aromatic N) is 3. The molecule has 0 spiro atoms. The van der Waals surface area contributed by atoms with Crippen LogP contribution in [0.5, 0.6) is 0 Å². The fourth-order valence-corrected chi connectivity index (χ4v) is 3.87. The molecule has 4 nitrogen and oxygen atoms in total. The number of aromatic nitrogens is 1. The first-order valence-corrected chi connectivity index (χ1v) is 9.30. The molecule has 0 bridgehead atoms. The number of aryl methyl sites for hydroxylation is 1. The van der Waals surface area contributed by atoms with Crippen molar-refractivity contribution in [1.29, 1.82) is 0 Å². The molecule has 0 atom stereocenters. The van der Waals surface area contributed by atoms with E-state index in [2.05, 4.69) is 21.9 Å². The molecule has 26 heavy (non-hydrogen) atoms. The number of hydrogen-bond donors (Lipinski definition) is 0. The molecule has 1 fully saturated rings. The van der Waals surface area contributed by atoms with Gasteiger partial charge in [0.05, 0.1) is 6.54 Å². The Hall–Kier alpha value is -2.30. The number of benzene rings is 2. The zero-order valence-electron chi connectivity index (χ0n) is 14.9. The van der Waals surface area contributed by atoms with E-state index in [4.69, 9.17) is 11.6 Å². The predicted octanol–water partition coefficient (Wildman–Crippen LogP) is 3.84. The van der Waals surface area contributed by atoms with Gasteiger partial charge in [-0.1, -0.05) is 35.9 Å².